The number of amides is 2. The molecular formula is C33H49Cl2N3O3. The number of ether oxygens (including phenoxy) is 1. The van der Waals surface area contributed by atoms with Gasteiger partial charge < -0.3 is 15.0 Å². The van der Waals surface area contributed by atoms with E-state index >= 15 is 0 Å². The summed E-state index contributed by atoms with van der Waals surface area (Å²) < 4.78 is 6.06. The molecule has 8 heteroatoms. The molecule has 0 bridgehead atoms. The zero-order valence-corrected chi connectivity index (χ0v) is 27.0. The van der Waals surface area contributed by atoms with E-state index in [1.807, 2.05) is 29.2 Å². The zero-order chi connectivity index (χ0) is 28.0. The molecule has 0 saturated carbocycles. The standard InChI is InChI=1S/C33H47N3O3.2ClH/c1-6-7-18-36-31(37)30(22-25(4)5)34-32(38)33(36)16-19-35(20-17-33)23-27-10-14-29(15-11-27)39-28-12-8-26(9-13-28)21-24(2)3;;/h8-15,24-25,30H,6-7,16-23H2,1-5H3,(H,34,38);2*1H/t30-;;/m0../s1. The second-order valence-electron chi connectivity index (χ2n) is 12.3. The van der Waals surface area contributed by atoms with Gasteiger partial charge in [0.1, 0.15) is 23.1 Å². The van der Waals surface area contributed by atoms with Crippen LogP contribution in [0.25, 0.3) is 0 Å². The number of hydrogen-bond acceptors (Lipinski definition) is 4. The van der Waals surface area contributed by atoms with Crippen LogP contribution in [0.3, 0.4) is 0 Å². The number of benzene rings is 2. The highest BCUT2D eigenvalue weighted by Gasteiger charge is 2.53. The van der Waals surface area contributed by atoms with E-state index in [2.05, 4.69) is 69.1 Å². The van der Waals surface area contributed by atoms with Gasteiger partial charge >= 0.3 is 0 Å². The maximum Gasteiger partial charge on any atom is 0.246 e. The molecular weight excluding hydrogens is 557 g/mol. The van der Waals surface area contributed by atoms with Crippen LogP contribution in [-0.4, -0.2) is 52.8 Å². The Morgan fingerprint density at radius 3 is 1.95 bits per heavy atom. The first-order valence-corrected chi connectivity index (χ1v) is 14.9. The number of rotatable bonds is 11. The summed E-state index contributed by atoms with van der Waals surface area (Å²) in [5.74, 6) is 2.82. The first kappa shape index (κ1) is 34.9. The van der Waals surface area contributed by atoms with Crippen molar-refractivity contribution in [2.24, 2.45) is 11.8 Å². The minimum absolute atomic E-state index is 0. The molecule has 2 aromatic rings. The van der Waals surface area contributed by atoms with Crippen molar-refractivity contribution in [2.75, 3.05) is 19.6 Å². The summed E-state index contributed by atoms with van der Waals surface area (Å²) in [5.41, 5.74) is 1.84. The van der Waals surface area contributed by atoms with Gasteiger partial charge in [0.05, 0.1) is 0 Å². The van der Waals surface area contributed by atoms with Gasteiger partial charge in [0, 0.05) is 26.2 Å². The highest BCUT2D eigenvalue weighted by atomic mass is 35.5. The van der Waals surface area contributed by atoms with Crippen LogP contribution in [0.4, 0.5) is 0 Å². The lowest BCUT2D eigenvalue weighted by atomic mass is 9.80. The van der Waals surface area contributed by atoms with E-state index in [1.54, 1.807) is 0 Å². The Balaban J connectivity index is 0.00000294. The summed E-state index contributed by atoms with van der Waals surface area (Å²) in [4.78, 5) is 31.3. The fourth-order valence-corrected chi connectivity index (χ4v) is 5.95. The van der Waals surface area contributed by atoms with Crippen molar-refractivity contribution in [3.63, 3.8) is 0 Å². The van der Waals surface area contributed by atoms with E-state index in [4.69, 9.17) is 4.74 Å². The van der Waals surface area contributed by atoms with Crippen molar-refractivity contribution in [3.8, 4) is 11.5 Å². The van der Waals surface area contributed by atoms with Crippen molar-refractivity contribution in [2.45, 2.75) is 91.3 Å². The monoisotopic (exact) mass is 605 g/mol. The molecule has 6 nitrogen and oxygen atoms in total. The molecule has 2 aromatic carbocycles. The lowest BCUT2D eigenvalue weighted by Crippen LogP contribution is -2.73. The average Bonchev–Trinajstić information content (AvgIpc) is 2.90. The van der Waals surface area contributed by atoms with Crippen molar-refractivity contribution in [1.29, 1.82) is 0 Å². The van der Waals surface area contributed by atoms with Gasteiger partial charge in [0.2, 0.25) is 11.8 Å². The number of unbranched alkanes of at least 4 members (excludes halogenated alkanes) is 1. The molecule has 0 unspecified atom stereocenters. The third kappa shape index (κ3) is 8.86. The maximum absolute atomic E-state index is 13.5. The Labute approximate surface area is 259 Å². The Hall–Kier alpha value is -2.28. The third-order valence-corrected chi connectivity index (χ3v) is 8.07. The Morgan fingerprint density at radius 2 is 1.44 bits per heavy atom. The van der Waals surface area contributed by atoms with Crippen LogP contribution in [0.15, 0.2) is 48.5 Å². The normalized spacial score (nSPS) is 18.7. The predicted molar refractivity (Wildman–Crippen MR) is 171 cm³/mol. The molecule has 0 aliphatic carbocycles. The average molecular weight is 607 g/mol. The van der Waals surface area contributed by atoms with Crippen LogP contribution < -0.4 is 10.1 Å². The Bertz CT molecular complexity index is 1100. The number of nitrogens with zero attached hydrogens (tertiary/aromatic N) is 2. The molecule has 1 spiro atoms. The van der Waals surface area contributed by atoms with E-state index in [0.29, 0.717) is 37.6 Å². The molecule has 41 heavy (non-hydrogen) atoms. The quantitative estimate of drug-likeness (QED) is 0.299. The zero-order valence-electron chi connectivity index (χ0n) is 25.4. The Kier molecular flexibility index (Phi) is 13.5. The first-order valence-electron chi connectivity index (χ1n) is 14.9. The fraction of sp³-hybridized carbons (Fsp3) is 0.576. The number of hydrogen-bond donors (Lipinski definition) is 1. The van der Waals surface area contributed by atoms with Crippen LogP contribution in [0.1, 0.15) is 77.8 Å². The van der Waals surface area contributed by atoms with E-state index in [-0.39, 0.29) is 36.6 Å². The first-order chi connectivity index (χ1) is 18.7. The van der Waals surface area contributed by atoms with Gasteiger partial charge in [-0.3, -0.25) is 14.5 Å². The summed E-state index contributed by atoms with van der Waals surface area (Å²) in [5, 5.41) is 3.10. The minimum atomic E-state index is -0.710. The molecule has 0 aromatic heterocycles. The molecule has 228 valence electrons. The number of likely N-dealkylation sites (tertiary alicyclic amines) is 1. The fourth-order valence-electron chi connectivity index (χ4n) is 5.95. The van der Waals surface area contributed by atoms with Crippen molar-refractivity contribution < 1.29 is 14.3 Å². The van der Waals surface area contributed by atoms with Crippen molar-refractivity contribution in [3.05, 3.63) is 59.7 Å². The molecule has 2 amide bonds. The number of carbonyl (C=O) groups excluding carboxylic acids is 2. The Morgan fingerprint density at radius 1 is 0.878 bits per heavy atom. The molecule has 4 rings (SSSR count). The second kappa shape index (κ2) is 15.8. The number of carbonyl (C=O) groups is 2. The molecule has 2 aliphatic heterocycles. The highest BCUT2D eigenvalue weighted by Crippen LogP contribution is 2.35. The van der Waals surface area contributed by atoms with Crippen LogP contribution in [0.5, 0.6) is 11.5 Å². The molecule has 0 radical (unpaired) electrons. The van der Waals surface area contributed by atoms with Gasteiger partial charge in [0.15, 0.2) is 0 Å². The van der Waals surface area contributed by atoms with Gasteiger partial charge in [-0.1, -0.05) is 65.3 Å². The summed E-state index contributed by atoms with van der Waals surface area (Å²) in [6.07, 6.45) is 5.05. The van der Waals surface area contributed by atoms with Crippen molar-refractivity contribution in [1.82, 2.24) is 15.1 Å². The third-order valence-electron chi connectivity index (χ3n) is 8.07. The number of nitrogens with one attached hydrogen (secondary N) is 1. The van der Waals surface area contributed by atoms with Crippen LogP contribution >= 0.6 is 24.8 Å². The van der Waals surface area contributed by atoms with Gasteiger partial charge in [-0.25, -0.2) is 0 Å². The number of piperazine rings is 1. The number of halogens is 2. The summed E-state index contributed by atoms with van der Waals surface area (Å²) in [7, 11) is 0. The van der Waals surface area contributed by atoms with E-state index in [0.717, 1.165) is 50.4 Å². The van der Waals surface area contributed by atoms with Crippen molar-refractivity contribution >= 4 is 36.6 Å². The number of piperidine rings is 1. The second-order valence-corrected chi connectivity index (χ2v) is 12.3. The van der Waals surface area contributed by atoms with Gasteiger partial charge in [-0.15, -0.1) is 24.8 Å². The smallest absolute Gasteiger partial charge is 0.246 e. The molecule has 1 N–H and O–H groups in total. The molecule has 2 fully saturated rings. The van der Waals surface area contributed by atoms with Crippen LogP contribution in [0, 0.1) is 11.8 Å². The summed E-state index contributed by atoms with van der Waals surface area (Å²) in [6, 6.07) is 16.3. The van der Waals surface area contributed by atoms with Gasteiger partial charge in [0.25, 0.3) is 0 Å². The van der Waals surface area contributed by atoms with E-state index in [9.17, 15) is 9.59 Å². The van der Waals surface area contributed by atoms with Gasteiger partial charge in [-0.2, -0.15) is 0 Å². The summed E-state index contributed by atoms with van der Waals surface area (Å²) >= 11 is 0. The lowest BCUT2D eigenvalue weighted by Gasteiger charge is -2.52. The van der Waals surface area contributed by atoms with Crippen LogP contribution in [0.2, 0.25) is 0 Å². The topological polar surface area (TPSA) is 61.9 Å². The largest absolute Gasteiger partial charge is 0.457 e. The summed E-state index contributed by atoms with van der Waals surface area (Å²) in [6.45, 7) is 13.9. The van der Waals surface area contributed by atoms with E-state index < -0.39 is 11.6 Å². The highest BCUT2D eigenvalue weighted by molar-refractivity contribution is 6.00. The molecule has 2 heterocycles. The van der Waals surface area contributed by atoms with Crippen LogP contribution in [-0.2, 0) is 22.6 Å². The molecule has 2 aliphatic rings. The predicted octanol–water partition coefficient (Wildman–Crippen LogP) is 7.03. The minimum Gasteiger partial charge on any atom is -0.457 e. The molecule has 2 saturated heterocycles. The molecule has 1 atom stereocenters. The lowest BCUT2D eigenvalue weighted by molar-refractivity contribution is -0.161. The van der Waals surface area contributed by atoms with Gasteiger partial charge in [-0.05, 0) is 79.3 Å². The SMILES string of the molecule is CCCCN1C(=O)[C@H](CC(C)C)NC(=O)C12CCN(Cc1ccc(Oc3ccc(CC(C)C)cc3)cc1)CC2.Cl.Cl. The van der Waals surface area contributed by atoms with E-state index in [1.165, 1.54) is 11.1 Å². The maximum atomic E-state index is 13.5.